The van der Waals surface area contributed by atoms with Crippen LogP contribution in [-0.4, -0.2) is 34.2 Å². The fourth-order valence-corrected chi connectivity index (χ4v) is 3.69. The Morgan fingerprint density at radius 3 is 3.11 bits per heavy atom. The van der Waals surface area contributed by atoms with Crippen molar-refractivity contribution in [3.8, 4) is 0 Å². The molecule has 1 saturated heterocycles. The van der Waals surface area contributed by atoms with Crippen LogP contribution in [0.4, 0.5) is 0 Å². The van der Waals surface area contributed by atoms with Crippen LogP contribution in [-0.2, 0) is 13.0 Å². The third-order valence-corrected chi connectivity index (χ3v) is 4.58. The van der Waals surface area contributed by atoms with Crippen LogP contribution >= 0.6 is 0 Å². The standard InChI is InChI=1S/C15H18N2O/c18-9-10-5-11-6-13-12-3-1-2-4-14(12)16-15(13)8-17(11)7-10/h1-4,10-11,16,18H,5-9H2. The van der Waals surface area contributed by atoms with E-state index in [1.165, 1.54) is 22.2 Å². The minimum Gasteiger partial charge on any atom is -0.396 e. The number of rotatable bonds is 1. The molecule has 18 heavy (non-hydrogen) atoms. The molecule has 1 fully saturated rings. The predicted molar refractivity (Wildman–Crippen MR) is 71.4 cm³/mol. The lowest BCUT2D eigenvalue weighted by molar-refractivity contribution is 0.204. The minimum absolute atomic E-state index is 0.335. The van der Waals surface area contributed by atoms with Crippen molar-refractivity contribution in [1.82, 2.24) is 9.88 Å². The molecular weight excluding hydrogens is 224 g/mol. The number of benzene rings is 1. The van der Waals surface area contributed by atoms with Crippen LogP contribution in [0.1, 0.15) is 17.7 Å². The van der Waals surface area contributed by atoms with Crippen LogP contribution < -0.4 is 0 Å². The van der Waals surface area contributed by atoms with E-state index < -0.39 is 0 Å². The highest BCUT2D eigenvalue weighted by Gasteiger charge is 2.36. The van der Waals surface area contributed by atoms with E-state index in [2.05, 4.69) is 34.1 Å². The molecular formula is C15H18N2O. The molecule has 3 heteroatoms. The lowest BCUT2D eigenvalue weighted by Gasteiger charge is -2.29. The number of aromatic amines is 1. The molecule has 1 aromatic heterocycles. The first-order valence-corrected chi connectivity index (χ1v) is 6.78. The van der Waals surface area contributed by atoms with Gasteiger partial charge in [-0.05, 0) is 30.4 Å². The highest BCUT2D eigenvalue weighted by molar-refractivity contribution is 5.84. The average Bonchev–Trinajstić information content (AvgIpc) is 2.95. The van der Waals surface area contributed by atoms with Crippen molar-refractivity contribution in [1.29, 1.82) is 0 Å². The lowest BCUT2D eigenvalue weighted by Crippen LogP contribution is -2.35. The number of para-hydroxylation sites is 1. The topological polar surface area (TPSA) is 39.3 Å². The maximum Gasteiger partial charge on any atom is 0.0472 e. The molecule has 2 N–H and O–H groups in total. The number of fused-ring (bicyclic) bond motifs is 4. The van der Waals surface area contributed by atoms with Gasteiger partial charge in [-0.25, -0.2) is 0 Å². The molecule has 3 heterocycles. The average molecular weight is 242 g/mol. The Morgan fingerprint density at radius 1 is 1.33 bits per heavy atom. The molecule has 2 atom stereocenters. The number of nitrogens with zero attached hydrogens (tertiary/aromatic N) is 1. The summed E-state index contributed by atoms with van der Waals surface area (Å²) in [4.78, 5) is 6.08. The molecule has 2 aromatic rings. The Morgan fingerprint density at radius 2 is 2.22 bits per heavy atom. The predicted octanol–water partition coefficient (Wildman–Crippen LogP) is 1.91. The van der Waals surface area contributed by atoms with Crippen LogP contribution in [0.5, 0.6) is 0 Å². The van der Waals surface area contributed by atoms with E-state index in [0.29, 0.717) is 18.6 Å². The third kappa shape index (κ3) is 1.44. The fraction of sp³-hybridized carbons (Fsp3) is 0.467. The molecule has 0 amide bonds. The Labute approximate surface area is 106 Å². The van der Waals surface area contributed by atoms with Gasteiger partial charge in [0.05, 0.1) is 0 Å². The summed E-state index contributed by atoms with van der Waals surface area (Å²) >= 11 is 0. The first-order valence-electron chi connectivity index (χ1n) is 6.78. The Hall–Kier alpha value is -1.32. The van der Waals surface area contributed by atoms with E-state index in [-0.39, 0.29) is 0 Å². The van der Waals surface area contributed by atoms with Crippen molar-refractivity contribution in [3.63, 3.8) is 0 Å². The van der Waals surface area contributed by atoms with Gasteiger partial charge in [0.25, 0.3) is 0 Å². The largest absolute Gasteiger partial charge is 0.396 e. The third-order valence-electron chi connectivity index (χ3n) is 4.58. The zero-order valence-corrected chi connectivity index (χ0v) is 10.4. The molecule has 0 radical (unpaired) electrons. The number of aliphatic hydroxyl groups excluding tert-OH is 1. The van der Waals surface area contributed by atoms with Crippen molar-refractivity contribution in [2.24, 2.45) is 5.92 Å². The quantitative estimate of drug-likeness (QED) is 0.802. The molecule has 0 aliphatic carbocycles. The number of aromatic nitrogens is 1. The molecule has 2 aliphatic heterocycles. The van der Waals surface area contributed by atoms with Gasteiger partial charge in [-0.15, -0.1) is 0 Å². The van der Waals surface area contributed by atoms with Crippen LogP contribution in [0.15, 0.2) is 24.3 Å². The van der Waals surface area contributed by atoms with Gasteiger partial charge in [-0.3, -0.25) is 4.90 Å². The summed E-state index contributed by atoms with van der Waals surface area (Å²) in [6.07, 6.45) is 2.28. The smallest absolute Gasteiger partial charge is 0.0472 e. The lowest BCUT2D eigenvalue weighted by atomic mass is 9.95. The molecule has 0 saturated carbocycles. The van der Waals surface area contributed by atoms with Gasteiger partial charge in [-0.2, -0.15) is 0 Å². The molecule has 0 bridgehead atoms. The normalized spacial score (nSPS) is 27.4. The van der Waals surface area contributed by atoms with Gasteiger partial charge in [0.1, 0.15) is 0 Å². The fourth-order valence-electron chi connectivity index (χ4n) is 3.69. The van der Waals surface area contributed by atoms with Crippen molar-refractivity contribution in [3.05, 3.63) is 35.5 Å². The second kappa shape index (κ2) is 3.84. The summed E-state index contributed by atoms with van der Waals surface area (Å²) in [6.45, 7) is 2.41. The zero-order chi connectivity index (χ0) is 12.1. The molecule has 2 aliphatic rings. The Bertz CT molecular complexity index is 589. The van der Waals surface area contributed by atoms with Crippen LogP contribution in [0.2, 0.25) is 0 Å². The van der Waals surface area contributed by atoms with Gasteiger partial charge < -0.3 is 10.1 Å². The van der Waals surface area contributed by atoms with E-state index >= 15 is 0 Å². The molecule has 94 valence electrons. The van der Waals surface area contributed by atoms with Crippen molar-refractivity contribution < 1.29 is 5.11 Å². The zero-order valence-electron chi connectivity index (χ0n) is 10.4. The van der Waals surface area contributed by atoms with E-state index in [1.54, 1.807) is 0 Å². The highest BCUT2D eigenvalue weighted by atomic mass is 16.3. The van der Waals surface area contributed by atoms with Gasteiger partial charge in [0, 0.05) is 42.3 Å². The Balaban J connectivity index is 1.74. The van der Waals surface area contributed by atoms with E-state index in [0.717, 1.165) is 25.9 Å². The maximum atomic E-state index is 9.32. The summed E-state index contributed by atoms with van der Waals surface area (Å²) in [5.74, 6) is 0.477. The summed E-state index contributed by atoms with van der Waals surface area (Å²) < 4.78 is 0. The number of aliphatic hydroxyl groups is 1. The van der Waals surface area contributed by atoms with E-state index in [1.807, 2.05) is 0 Å². The van der Waals surface area contributed by atoms with E-state index in [9.17, 15) is 5.11 Å². The van der Waals surface area contributed by atoms with Gasteiger partial charge in [0.2, 0.25) is 0 Å². The number of hydrogen-bond donors (Lipinski definition) is 2. The van der Waals surface area contributed by atoms with Crippen LogP contribution in [0, 0.1) is 5.92 Å². The number of nitrogens with one attached hydrogen (secondary N) is 1. The molecule has 1 aromatic carbocycles. The van der Waals surface area contributed by atoms with Gasteiger partial charge >= 0.3 is 0 Å². The number of H-pyrrole nitrogens is 1. The van der Waals surface area contributed by atoms with Gasteiger partial charge in [-0.1, -0.05) is 18.2 Å². The first kappa shape index (κ1) is 10.6. The molecule has 3 nitrogen and oxygen atoms in total. The summed E-state index contributed by atoms with van der Waals surface area (Å²) in [6, 6.07) is 9.23. The molecule has 4 rings (SSSR count). The number of hydrogen-bond acceptors (Lipinski definition) is 2. The minimum atomic E-state index is 0.335. The van der Waals surface area contributed by atoms with E-state index in [4.69, 9.17) is 0 Å². The van der Waals surface area contributed by atoms with Crippen molar-refractivity contribution in [2.75, 3.05) is 13.2 Å². The SMILES string of the molecule is OCC1CC2Cc3c([nH]c4ccccc34)CN2C1. The first-order chi connectivity index (χ1) is 8.85. The summed E-state index contributed by atoms with van der Waals surface area (Å²) in [5.41, 5.74) is 4.15. The van der Waals surface area contributed by atoms with Crippen molar-refractivity contribution in [2.45, 2.75) is 25.4 Å². The van der Waals surface area contributed by atoms with Crippen LogP contribution in [0.25, 0.3) is 10.9 Å². The maximum absolute atomic E-state index is 9.32. The summed E-state index contributed by atoms with van der Waals surface area (Å²) in [5, 5.41) is 10.7. The van der Waals surface area contributed by atoms with Crippen LogP contribution in [0.3, 0.4) is 0 Å². The highest BCUT2D eigenvalue weighted by Crippen LogP contribution is 2.35. The Kier molecular flexibility index (Phi) is 2.26. The van der Waals surface area contributed by atoms with Crippen molar-refractivity contribution >= 4 is 10.9 Å². The monoisotopic (exact) mass is 242 g/mol. The molecule has 0 spiro atoms. The second-order valence-electron chi connectivity index (χ2n) is 5.70. The molecule has 2 unspecified atom stereocenters. The van der Waals surface area contributed by atoms with Gasteiger partial charge in [0.15, 0.2) is 0 Å². The summed E-state index contributed by atoms with van der Waals surface area (Å²) in [7, 11) is 0. The second-order valence-corrected chi connectivity index (χ2v) is 5.70.